The van der Waals surface area contributed by atoms with E-state index in [9.17, 15) is 9.59 Å². The monoisotopic (exact) mass is 404 g/mol. The maximum Gasteiger partial charge on any atom is 0.251 e. The van der Waals surface area contributed by atoms with Crippen LogP contribution in [0.5, 0.6) is 0 Å². The zero-order valence-corrected chi connectivity index (χ0v) is 16.2. The lowest BCUT2D eigenvalue weighted by Crippen LogP contribution is -2.57. The molecule has 0 spiro atoms. The fourth-order valence-electron chi connectivity index (χ4n) is 5.68. The molecule has 0 aliphatic heterocycles. The molecular formula is C20H25BrN2O2. The molecule has 1 aromatic carbocycles. The molecule has 25 heavy (non-hydrogen) atoms. The van der Waals surface area contributed by atoms with Crippen LogP contribution < -0.4 is 10.6 Å². The average molecular weight is 405 g/mol. The smallest absolute Gasteiger partial charge is 0.251 e. The van der Waals surface area contributed by atoms with Crippen LogP contribution in [0.4, 0.5) is 5.69 Å². The molecule has 4 nitrogen and oxygen atoms in total. The number of carbonyl (C=O) groups is 2. The number of carbonyl (C=O) groups excluding carboxylic acids is 2. The van der Waals surface area contributed by atoms with Crippen LogP contribution in [0.2, 0.25) is 0 Å². The molecule has 0 aromatic heterocycles. The second-order valence-corrected chi connectivity index (χ2v) is 9.97. The maximum atomic E-state index is 13.2. The van der Waals surface area contributed by atoms with Gasteiger partial charge in [0.25, 0.3) is 5.91 Å². The summed E-state index contributed by atoms with van der Waals surface area (Å²) in [5.41, 5.74) is 1.06. The van der Waals surface area contributed by atoms with E-state index in [0.29, 0.717) is 29.6 Å². The molecule has 0 saturated heterocycles. The third-order valence-corrected chi connectivity index (χ3v) is 7.12. The SMILES string of the molecule is CCNC(=O)c1cccc(NC(=O)C23CC4CC(CC(Br)(C4)C2)C3)c1. The number of anilines is 1. The van der Waals surface area contributed by atoms with Crippen molar-refractivity contribution in [1.82, 2.24) is 5.32 Å². The highest BCUT2D eigenvalue weighted by atomic mass is 79.9. The lowest BCUT2D eigenvalue weighted by Gasteiger charge is -2.59. The highest BCUT2D eigenvalue weighted by Crippen LogP contribution is 2.64. The molecular weight excluding hydrogens is 380 g/mol. The second-order valence-electron chi connectivity index (χ2n) is 8.29. The largest absolute Gasteiger partial charge is 0.352 e. The Kier molecular flexibility index (Phi) is 4.18. The number of nitrogens with one attached hydrogen (secondary N) is 2. The van der Waals surface area contributed by atoms with Gasteiger partial charge in [-0.3, -0.25) is 9.59 Å². The van der Waals surface area contributed by atoms with Gasteiger partial charge in [0.1, 0.15) is 0 Å². The van der Waals surface area contributed by atoms with E-state index in [1.165, 1.54) is 19.3 Å². The van der Waals surface area contributed by atoms with Crippen molar-refractivity contribution in [3.63, 3.8) is 0 Å². The van der Waals surface area contributed by atoms with Gasteiger partial charge in [0.05, 0.1) is 5.41 Å². The summed E-state index contributed by atoms with van der Waals surface area (Å²) in [4.78, 5) is 25.2. The summed E-state index contributed by atoms with van der Waals surface area (Å²) in [6.07, 6.45) is 6.68. The molecule has 0 radical (unpaired) electrons. The Morgan fingerprint density at radius 2 is 1.92 bits per heavy atom. The van der Waals surface area contributed by atoms with Crippen LogP contribution in [0.1, 0.15) is 55.8 Å². The van der Waals surface area contributed by atoms with Crippen LogP contribution in [-0.4, -0.2) is 22.7 Å². The summed E-state index contributed by atoms with van der Waals surface area (Å²) in [6.45, 7) is 2.49. The van der Waals surface area contributed by atoms with E-state index >= 15 is 0 Å². The van der Waals surface area contributed by atoms with E-state index in [-0.39, 0.29) is 21.6 Å². The first kappa shape index (κ1) is 17.1. The molecule has 4 fully saturated rings. The lowest BCUT2D eigenvalue weighted by atomic mass is 9.49. The molecule has 134 valence electrons. The Hall–Kier alpha value is -1.36. The molecule has 2 amide bonds. The fraction of sp³-hybridized carbons (Fsp3) is 0.600. The number of hydrogen-bond acceptors (Lipinski definition) is 2. The Morgan fingerprint density at radius 1 is 1.20 bits per heavy atom. The van der Waals surface area contributed by atoms with Crippen LogP contribution in [0, 0.1) is 17.3 Å². The number of hydrogen-bond donors (Lipinski definition) is 2. The summed E-state index contributed by atoms with van der Waals surface area (Å²) >= 11 is 3.96. The summed E-state index contributed by atoms with van der Waals surface area (Å²) in [5, 5.41) is 5.91. The Balaban J connectivity index is 1.53. The fourth-order valence-corrected chi connectivity index (χ4v) is 7.13. The zero-order valence-electron chi connectivity index (χ0n) is 14.6. The molecule has 5 rings (SSSR count). The van der Waals surface area contributed by atoms with Crippen LogP contribution in [0.15, 0.2) is 24.3 Å². The summed E-state index contributed by atoms with van der Waals surface area (Å²) in [5.74, 6) is 1.38. The second kappa shape index (κ2) is 6.11. The Morgan fingerprint density at radius 3 is 2.56 bits per heavy atom. The molecule has 4 aliphatic carbocycles. The van der Waals surface area contributed by atoms with Crippen molar-refractivity contribution in [3.8, 4) is 0 Å². The summed E-state index contributed by atoms with van der Waals surface area (Å²) < 4.78 is 0.164. The number of benzene rings is 1. The van der Waals surface area contributed by atoms with E-state index in [2.05, 4.69) is 26.6 Å². The molecule has 4 bridgehead atoms. The van der Waals surface area contributed by atoms with Crippen molar-refractivity contribution in [1.29, 1.82) is 0 Å². The van der Waals surface area contributed by atoms with Gasteiger partial charge in [0.15, 0.2) is 0 Å². The number of halogens is 1. The summed E-state index contributed by atoms with van der Waals surface area (Å²) in [7, 11) is 0. The van der Waals surface area contributed by atoms with E-state index in [4.69, 9.17) is 0 Å². The average Bonchev–Trinajstić information content (AvgIpc) is 2.53. The molecule has 5 heteroatoms. The number of alkyl halides is 1. The van der Waals surface area contributed by atoms with Crippen LogP contribution >= 0.6 is 15.9 Å². The maximum absolute atomic E-state index is 13.2. The van der Waals surface area contributed by atoms with Gasteiger partial charge in [-0.25, -0.2) is 0 Å². The first-order valence-corrected chi connectivity index (χ1v) is 10.1. The Bertz CT molecular complexity index is 703. The number of rotatable bonds is 4. The summed E-state index contributed by atoms with van der Waals surface area (Å²) in [6, 6.07) is 7.24. The van der Waals surface area contributed by atoms with Crippen molar-refractivity contribution in [3.05, 3.63) is 29.8 Å². The van der Waals surface area contributed by atoms with Crippen LogP contribution in [0.25, 0.3) is 0 Å². The highest BCUT2D eigenvalue weighted by Gasteiger charge is 2.59. The zero-order chi connectivity index (χ0) is 17.7. The van der Waals surface area contributed by atoms with Crippen molar-refractivity contribution >= 4 is 33.4 Å². The first-order valence-electron chi connectivity index (χ1n) is 9.30. The van der Waals surface area contributed by atoms with Crippen molar-refractivity contribution in [2.75, 3.05) is 11.9 Å². The number of amides is 2. The van der Waals surface area contributed by atoms with Crippen molar-refractivity contribution in [2.45, 2.75) is 49.8 Å². The topological polar surface area (TPSA) is 58.2 Å². The Labute approximate surface area is 157 Å². The van der Waals surface area contributed by atoms with E-state index in [0.717, 1.165) is 19.3 Å². The third-order valence-electron chi connectivity index (χ3n) is 6.19. The van der Waals surface area contributed by atoms with E-state index in [1.54, 1.807) is 12.1 Å². The quantitative estimate of drug-likeness (QED) is 0.741. The minimum Gasteiger partial charge on any atom is -0.352 e. The van der Waals surface area contributed by atoms with Gasteiger partial charge in [-0.2, -0.15) is 0 Å². The van der Waals surface area contributed by atoms with Crippen LogP contribution in [0.3, 0.4) is 0 Å². The predicted molar refractivity (Wildman–Crippen MR) is 102 cm³/mol. The van der Waals surface area contributed by atoms with Gasteiger partial charge in [-0.05, 0) is 75.5 Å². The standard InChI is InChI=1S/C20H25BrN2O2/c1-2-22-17(24)15-4-3-5-16(7-15)23-18(25)19-8-13-6-14(9-19)11-20(21,10-13)12-19/h3-5,7,13-14H,2,6,8-12H2,1H3,(H,22,24)(H,23,25). The first-order chi connectivity index (χ1) is 11.9. The minimum absolute atomic E-state index is 0.104. The molecule has 0 heterocycles. The molecule has 2 unspecified atom stereocenters. The lowest BCUT2D eigenvalue weighted by molar-refractivity contribution is -0.138. The van der Waals surface area contributed by atoms with E-state index in [1.807, 2.05) is 19.1 Å². The van der Waals surface area contributed by atoms with Gasteiger partial charge >= 0.3 is 0 Å². The van der Waals surface area contributed by atoms with Crippen LogP contribution in [-0.2, 0) is 4.79 Å². The third kappa shape index (κ3) is 3.12. The predicted octanol–water partition coefficient (Wildman–Crippen LogP) is 4.11. The van der Waals surface area contributed by atoms with Gasteiger partial charge in [0.2, 0.25) is 5.91 Å². The van der Waals surface area contributed by atoms with Gasteiger partial charge < -0.3 is 10.6 Å². The van der Waals surface area contributed by atoms with Crippen molar-refractivity contribution in [2.24, 2.45) is 17.3 Å². The molecule has 1 aromatic rings. The van der Waals surface area contributed by atoms with E-state index < -0.39 is 0 Å². The molecule has 4 saturated carbocycles. The molecule has 4 aliphatic rings. The minimum atomic E-state index is -0.241. The highest BCUT2D eigenvalue weighted by molar-refractivity contribution is 9.10. The molecule has 2 N–H and O–H groups in total. The normalized spacial score (nSPS) is 35.4. The van der Waals surface area contributed by atoms with Gasteiger partial charge in [-0.1, -0.05) is 22.0 Å². The van der Waals surface area contributed by atoms with Gasteiger partial charge in [-0.15, -0.1) is 0 Å². The van der Waals surface area contributed by atoms with Gasteiger partial charge in [0, 0.05) is 22.1 Å². The van der Waals surface area contributed by atoms with Crippen molar-refractivity contribution < 1.29 is 9.59 Å². The molecule has 2 atom stereocenters.